The summed E-state index contributed by atoms with van der Waals surface area (Å²) in [5.41, 5.74) is 4.09. The lowest BCUT2D eigenvalue weighted by Gasteiger charge is -2.09. The largest absolute Gasteiger partial charge is 0.343 e. The molecule has 0 saturated carbocycles. The second-order valence-corrected chi connectivity index (χ2v) is 6.73. The molecule has 1 aromatic carbocycles. The number of aromatic nitrogens is 1. The van der Waals surface area contributed by atoms with E-state index in [-0.39, 0.29) is 0 Å². The van der Waals surface area contributed by atoms with Crippen LogP contribution in [0.15, 0.2) is 47.3 Å². The van der Waals surface area contributed by atoms with Gasteiger partial charge in [-0.25, -0.2) is 0 Å². The lowest BCUT2D eigenvalue weighted by molar-refractivity contribution is 0.553. The molecule has 0 atom stereocenters. The molecule has 0 fully saturated rings. The number of fused-ring (bicyclic) bond motifs is 1. The van der Waals surface area contributed by atoms with Crippen molar-refractivity contribution in [2.24, 2.45) is 5.92 Å². The van der Waals surface area contributed by atoms with Crippen molar-refractivity contribution < 1.29 is 0 Å². The second kappa shape index (κ2) is 6.46. The van der Waals surface area contributed by atoms with Crippen LogP contribution in [-0.2, 0) is 13.1 Å². The Morgan fingerprint density at radius 1 is 1.19 bits per heavy atom. The minimum Gasteiger partial charge on any atom is -0.343 e. The number of hydrogen-bond donors (Lipinski definition) is 1. The number of benzene rings is 1. The maximum Gasteiger partial charge on any atom is 0.0486 e. The third kappa shape index (κ3) is 3.36. The van der Waals surface area contributed by atoms with Gasteiger partial charge in [0.2, 0.25) is 0 Å². The molecule has 0 aliphatic carbocycles. The zero-order valence-electron chi connectivity index (χ0n) is 12.7. The van der Waals surface area contributed by atoms with Gasteiger partial charge >= 0.3 is 0 Å². The van der Waals surface area contributed by atoms with Crippen LogP contribution in [0.5, 0.6) is 0 Å². The molecule has 21 heavy (non-hydrogen) atoms. The highest BCUT2D eigenvalue weighted by Crippen LogP contribution is 2.22. The van der Waals surface area contributed by atoms with E-state index in [0.717, 1.165) is 19.6 Å². The van der Waals surface area contributed by atoms with Crippen molar-refractivity contribution in [3.05, 3.63) is 58.4 Å². The molecule has 0 aliphatic heterocycles. The molecule has 110 valence electrons. The van der Waals surface area contributed by atoms with E-state index < -0.39 is 0 Å². The summed E-state index contributed by atoms with van der Waals surface area (Å²) in [6, 6.07) is 11.1. The topological polar surface area (TPSA) is 17.0 Å². The maximum atomic E-state index is 3.54. The van der Waals surface area contributed by atoms with Crippen LogP contribution in [0.2, 0.25) is 0 Å². The first-order valence-electron chi connectivity index (χ1n) is 7.52. The summed E-state index contributed by atoms with van der Waals surface area (Å²) in [6.07, 6.45) is 2.20. The van der Waals surface area contributed by atoms with Crippen molar-refractivity contribution in [1.82, 2.24) is 9.88 Å². The molecule has 0 saturated heterocycles. The van der Waals surface area contributed by atoms with Crippen LogP contribution in [-0.4, -0.2) is 11.1 Å². The minimum atomic E-state index is 0.687. The predicted molar refractivity (Wildman–Crippen MR) is 91.9 cm³/mol. The smallest absolute Gasteiger partial charge is 0.0486 e. The Hall–Kier alpha value is -1.58. The lowest BCUT2D eigenvalue weighted by Crippen LogP contribution is -2.19. The van der Waals surface area contributed by atoms with E-state index in [1.54, 1.807) is 11.3 Å². The number of nitrogens with one attached hydrogen (secondary N) is 1. The Bertz CT molecular complexity index is 695. The Morgan fingerprint density at radius 2 is 2.10 bits per heavy atom. The highest BCUT2D eigenvalue weighted by molar-refractivity contribution is 7.07. The minimum absolute atomic E-state index is 0.687. The normalized spacial score (nSPS) is 11.6. The number of nitrogens with zero attached hydrogens (tertiary/aromatic N) is 1. The Morgan fingerprint density at radius 3 is 2.86 bits per heavy atom. The first kappa shape index (κ1) is 14.4. The van der Waals surface area contributed by atoms with E-state index >= 15 is 0 Å². The number of rotatable bonds is 6. The van der Waals surface area contributed by atoms with Gasteiger partial charge < -0.3 is 9.88 Å². The van der Waals surface area contributed by atoms with Crippen molar-refractivity contribution in [3.63, 3.8) is 0 Å². The fraction of sp³-hybridized carbons (Fsp3) is 0.333. The fourth-order valence-corrected chi connectivity index (χ4v) is 3.31. The van der Waals surface area contributed by atoms with Crippen LogP contribution in [0.4, 0.5) is 0 Å². The van der Waals surface area contributed by atoms with E-state index in [1.807, 2.05) is 0 Å². The van der Waals surface area contributed by atoms with Gasteiger partial charge in [-0.1, -0.05) is 26.0 Å². The summed E-state index contributed by atoms with van der Waals surface area (Å²) in [5, 5.41) is 9.27. The van der Waals surface area contributed by atoms with Gasteiger partial charge in [0.1, 0.15) is 0 Å². The van der Waals surface area contributed by atoms with Crippen molar-refractivity contribution in [3.8, 4) is 0 Å². The van der Waals surface area contributed by atoms with E-state index in [4.69, 9.17) is 0 Å². The molecule has 0 spiro atoms. The monoisotopic (exact) mass is 298 g/mol. The summed E-state index contributed by atoms with van der Waals surface area (Å²) in [7, 11) is 0. The van der Waals surface area contributed by atoms with Gasteiger partial charge in [0.25, 0.3) is 0 Å². The van der Waals surface area contributed by atoms with E-state index in [2.05, 4.69) is 71.0 Å². The van der Waals surface area contributed by atoms with Gasteiger partial charge in [-0.3, -0.25) is 0 Å². The Labute approximate surface area is 130 Å². The molecule has 1 N–H and O–H groups in total. The molecular formula is C18H22N2S. The van der Waals surface area contributed by atoms with Crippen LogP contribution in [0.3, 0.4) is 0 Å². The summed E-state index contributed by atoms with van der Waals surface area (Å²) in [4.78, 5) is 0. The van der Waals surface area contributed by atoms with Gasteiger partial charge in [0.05, 0.1) is 0 Å². The highest BCUT2D eigenvalue weighted by Gasteiger charge is 2.06. The van der Waals surface area contributed by atoms with Gasteiger partial charge in [-0.05, 0) is 52.5 Å². The quantitative estimate of drug-likeness (QED) is 0.709. The summed E-state index contributed by atoms with van der Waals surface area (Å²) >= 11 is 1.76. The third-order valence-electron chi connectivity index (χ3n) is 3.71. The molecule has 2 heterocycles. The maximum absolute atomic E-state index is 3.54. The van der Waals surface area contributed by atoms with Crippen molar-refractivity contribution in [2.45, 2.75) is 26.9 Å². The summed E-state index contributed by atoms with van der Waals surface area (Å²) in [6.45, 7) is 7.44. The zero-order valence-corrected chi connectivity index (χ0v) is 13.5. The van der Waals surface area contributed by atoms with Crippen molar-refractivity contribution in [2.75, 3.05) is 6.54 Å². The summed E-state index contributed by atoms with van der Waals surface area (Å²) in [5.74, 6) is 0.687. The van der Waals surface area contributed by atoms with Crippen LogP contribution >= 0.6 is 11.3 Å². The molecule has 3 rings (SSSR count). The van der Waals surface area contributed by atoms with Gasteiger partial charge in [0, 0.05) is 30.2 Å². The van der Waals surface area contributed by atoms with E-state index in [0.29, 0.717) is 5.92 Å². The molecule has 2 aromatic heterocycles. The highest BCUT2D eigenvalue weighted by atomic mass is 32.1. The Kier molecular flexibility index (Phi) is 4.42. The van der Waals surface area contributed by atoms with Crippen molar-refractivity contribution in [1.29, 1.82) is 0 Å². The lowest BCUT2D eigenvalue weighted by atomic mass is 10.1. The fourth-order valence-electron chi connectivity index (χ4n) is 2.65. The Balaban J connectivity index is 1.82. The van der Waals surface area contributed by atoms with Crippen LogP contribution in [0.25, 0.3) is 10.9 Å². The van der Waals surface area contributed by atoms with Gasteiger partial charge in [0.15, 0.2) is 0 Å². The second-order valence-electron chi connectivity index (χ2n) is 5.95. The molecule has 3 aromatic rings. The van der Waals surface area contributed by atoms with Gasteiger partial charge in [-0.15, -0.1) is 0 Å². The van der Waals surface area contributed by atoms with E-state index in [1.165, 1.54) is 22.0 Å². The summed E-state index contributed by atoms with van der Waals surface area (Å²) < 4.78 is 2.34. The molecule has 0 bridgehead atoms. The molecule has 2 nitrogen and oxygen atoms in total. The third-order valence-corrected chi connectivity index (χ3v) is 4.44. The zero-order chi connectivity index (χ0) is 14.7. The van der Waals surface area contributed by atoms with Crippen LogP contribution in [0, 0.1) is 5.92 Å². The van der Waals surface area contributed by atoms with E-state index in [9.17, 15) is 0 Å². The first-order valence-corrected chi connectivity index (χ1v) is 8.47. The molecule has 0 radical (unpaired) electrons. The van der Waals surface area contributed by atoms with Gasteiger partial charge in [-0.2, -0.15) is 11.3 Å². The molecule has 0 unspecified atom stereocenters. The van der Waals surface area contributed by atoms with Crippen molar-refractivity contribution >= 4 is 22.2 Å². The van der Waals surface area contributed by atoms with Crippen LogP contribution < -0.4 is 5.32 Å². The first-order chi connectivity index (χ1) is 10.2. The number of thiophene rings is 1. The molecular weight excluding hydrogens is 276 g/mol. The molecule has 0 amide bonds. The average Bonchev–Trinajstić information content (AvgIpc) is 3.10. The SMILES string of the molecule is CC(C)CNCc1cccc2c1ccn2Cc1ccsc1. The molecule has 3 heteroatoms. The van der Waals surface area contributed by atoms with Crippen LogP contribution in [0.1, 0.15) is 25.0 Å². The average molecular weight is 298 g/mol. The predicted octanol–water partition coefficient (Wildman–Crippen LogP) is 4.50. The standard InChI is InChI=1S/C18H22N2S/c1-14(2)10-19-11-16-4-3-5-18-17(16)6-8-20(18)12-15-7-9-21-13-15/h3-9,13-14,19H,10-12H2,1-2H3. The number of hydrogen-bond acceptors (Lipinski definition) is 2. The molecule has 0 aliphatic rings.